The molecule has 0 aliphatic carbocycles. The minimum atomic E-state index is -0.0422. The highest BCUT2D eigenvalue weighted by atomic mass is 16.5. The lowest BCUT2D eigenvalue weighted by atomic mass is 9.91. The molecule has 0 radical (unpaired) electrons. The fraction of sp³-hybridized carbons (Fsp3) is 0.259. The normalized spacial score (nSPS) is 17.6. The minimum absolute atomic E-state index is 0.0422. The van der Waals surface area contributed by atoms with Gasteiger partial charge in [0, 0.05) is 25.7 Å². The molecule has 1 aromatic heterocycles. The maximum absolute atomic E-state index is 5.74. The number of nitrogens with zero attached hydrogens (tertiary/aromatic N) is 4. The summed E-state index contributed by atoms with van der Waals surface area (Å²) >= 11 is 0. The van der Waals surface area contributed by atoms with Crippen LogP contribution in [0, 0.1) is 0 Å². The van der Waals surface area contributed by atoms with Gasteiger partial charge in [-0.25, -0.2) is 0 Å². The molecule has 4 aromatic rings. The molecule has 162 valence electrons. The molecule has 2 heterocycles. The number of benzene rings is 3. The molecule has 5 heteroatoms. The standard InChI is InChI=1S/C27H28N4O/c1-30-17-18-31(19-24(30)21-11-5-2-6-12-21)20-25-28-27(29-32-25)26(22-13-7-3-8-14-22)23-15-9-4-10-16-23/h2-16,24,26H,17-20H2,1H3. The van der Waals surface area contributed by atoms with Crippen LogP contribution >= 0.6 is 0 Å². The number of aromatic nitrogens is 2. The van der Waals surface area contributed by atoms with Crippen LogP contribution in [0.1, 0.15) is 40.4 Å². The van der Waals surface area contributed by atoms with Crippen LogP contribution in [0.2, 0.25) is 0 Å². The first-order valence-electron chi connectivity index (χ1n) is 11.2. The summed E-state index contributed by atoms with van der Waals surface area (Å²) in [6, 6.07) is 31.9. The second kappa shape index (κ2) is 9.47. The average molecular weight is 425 g/mol. The van der Waals surface area contributed by atoms with Gasteiger partial charge in [-0.1, -0.05) is 96.2 Å². The summed E-state index contributed by atoms with van der Waals surface area (Å²) in [4.78, 5) is 9.68. The number of hydrogen-bond acceptors (Lipinski definition) is 5. The monoisotopic (exact) mass is 424 g/mol. The summed E-state index contributed by atoms with van der Waals surface area (Å²) in [5.41, 5.74) is 3.67. The van der Waals surface area contributed by atoms with E-state index in [1.54, 1.807) is 0 Å². The first-order valence-corrected chi connectivity index (χ1v) is 11.2. The van der Waals surface area contributed by atoms with Crippen LogP contribution < -0.4 is 0 Å². The summed E-state index contributed by atoms with van der Waals surface area (Å²) < 4.78 is 5.74. The van der Waals surface area contributed by atoms with Gasteiger partial charge in [0.2, 0.25) is 5.89 Å². The van der Waals surface area contributed by atoms with Crippen molar-refractivity contribution in [2.24, 2.45) is 0 Å². The van der Waals surface area contributed by atoms with Gasteiger partial charge in [-0.15, -0.1) is 0 Å². The number of rotatable bonds is 6. The van der Waals surface area contributed by atoms with E-state index in [0.717, 1.165) is 30.8 Å². The minimum Gasteiger partial charge on any atom is -0.338 e. The molecule has 1 atom stereocenters. The van der Waals surface area contributed by atoms with Gasteiger partial charge in [-0.3, -0.25) is 9.80 Å². The van der Waals surface area contributed by atoms with E-state index in [-0.39, 0.29) is 5.92 Å². The van der Waals surface area contributed by atoms with E-state index in [1.165, 1.54) is 5.56 Å². The van der Waals surface area contributed by atoms with Gasteiger partial charge in [0.1, 0.15) is 0 Å². The molecular weight excluding hydrogens is 396 g/mol. The van der Waals surface area contributed by atoms with Gasteiger partial charge < -0.3 is 4.52 Å². The van der Waals surface area contributed by atoms with Crippen LogP contribution in [0.3, 0.4) is 0 Å². The van der Waals surface area contributed by atoms with Gasteiger partial charge in [0.15, 0.2) is 5.82 Å². The average Bonchev–Trinajstić information content (AvgIpc) is 3.30. The molecule has 32 heavy (non-hydrogen) atoms. The Kier molecular flexibility index (Phi) is 6.10. The van der Waals surface area contributed by atoms with Crippen LogP contribution in [0.4, 0.5) is 0 Å². The lowest BCUT2D eigenvalue weighted by Crippen LogP contribution is -2.46. The van der Waals surface area contributed by atoms with Crippen LogP contribution in [-0.4, -0.2) is 46.6 Å². The zero-order valence-corrected chi connectivity index (χ0v) is 18.3. The fourth-order valence-electron chi connectivity index (χ4n) is 4.53. The molecule has 1 saturated heterocycles. The third-order valence-corrected chi connectivity index (χ3v) is 6.28. The van der Waals surface area contributed by atoms with Crippen molar-refractivity contribution in [1.82, 2.24) is 19.9 Å². The smallest absolute Gasteiger partial charge is 0.240 e. The Labute approximate surface area is 189 Å². The largest absolute Gasteiger partial charge is 0.338 e. The Hall–Kier alpha value is -3.28. The van der Waals surface area contributed by atoms with E-state index in [1.807, 2.05) is 12.1 Å². The maximum atomic E-state index is 5.74. The van der Waals surface area contributed by atoms with E-state index in [2.05, 4.69) is 101 Å². The molecule has 5 nitrogen and oxygen atoms in total. The number of piperazine rings is 1. The fourth-order valence-corrected chi connectivity index (χ4v) is 4.53. The molecule has 0 amide bonds. The summed E-state index contributed by atoms with van der Waals surface area (Å²) in [7, 11) is 2.20. The number of hydrogen-bond donors (Lipinski definition) is 0. The Balaban J connectivity index is 1.36. The molecule has 1 fully saturated rings. The molecule has 0 spiro atoms. The topological polar surface area (TPSA) is 45.4 Å². The summed E-state index contributed by atoms with van der Waals surface area (Å²) in [5, 5.41) is 4.40. The van der Waals surface area contributed by atoms with Crippen LogP contribution in [0.25, 0.3) is 0 Å². The van der Waals surface area contributed by atoms with Gasteiger partial charge in [0.05, 0.1) is 12.5 Å². The van der Waals surface area contributed by atoms with E-state index >= 15 is 0 Å². The zero-order chi connectivity index (χ0) is 21.8. The zero-order valence-electron chi connectivity index (χ0n) is 18.3. The molecule has 0 bridgehead atoms. The van der Waals surface area contributed by atoms with Gasteiger partial charge in [0.25, 0.3) is 0 Å². The lowest BCUT2D eigenvalue weighted by Gasteiger charge is -2.39. The molecule has 5 rings (SSSR count). The van der Waals surface area contributed by atoms with Crippen molar-refractivity contribution in [3.8, 4) is 0 Å². The van der Waals surface area contributed by atoms with Gasteiger partial charge in [-0.2, -0.15) is 4.98 Å². The lowest BCUT2D eigenvalue weighted by molar-refractivity contribution is 0.0825. The molecule has 1 unspecified atom stereocenters. The predicted molar refractivity (Wildman–Crippen MR) is 125 cm³/mol. The highest BCUT2D eigenvalue weighted by Crippen LogP contribution is 2.30. The van der Waals surface area contributed by atoms with Crippen LogP contribution in [0.15, 0.2) is 95.5 Å². The predicted octanol–water partition coefficient (Wildman–Crippen LogP) is 4.74. The SMILES string of the molecule is CN1CCN(Cc2nc(C(c3ccccc3)c3ccccc3)no2)CC1c1ccccc1. The van der Waals surface area contributed by atoms with Crippen molar-refractivity contribution in [3.63, 3.8) is 0 Å². The van der Waals surface area contributed by atoms with Crippen molar-refractivity contribution in [2.45, 2.75) is 18.5 Å². The molecule has 3 aromatic carbocycles. The number of likely N-dealkylation sites (N-methyl/N-ethyl adjacent to an activating group) is 1. The molecule has 1 aliphatic rings. The molecule has 0 N–H and O–H groups in total. The summed E-state index contributed by atoms with van der Waals surface area (Å²) in [6.45, 7) is 3.61. The Morgan fingerprint density at radius 3 is 2.06 bits per heavy atom. The third kappa shape index (κ3) is 4.49. The second-order valence-electron chi connectivity index (χ2n) is 8.44. The van der Waals surface area contributed by atoms with E-state index < -0.39 is 0 Å². The highest BCUT2D eigenvalue weighted by molar-refractivity contribution is 5.37. The third-order valence-electron chi connectivity index (χ3n) is 6.28. The van der Waals surface area contributed by atoms with Crippen molar-refractivity contribution < 1.29 is 4.52 Å². The van der Waals surface area contributed by atoms with E-state index in [9.17, 15) is 0 Å². The summed E-state index contributed by atoms with van der Waals surface area (Å²) in [6.07, 6.45) is 0. The van der Waals surface area contributed by atoms with Crippen molar-refractivity contribution in [2.75, 3.05) is 26.7 Å². The van der Waals surface area contributed by atoms with Crippen molar-refractivity contribution in [3.05, 3.63) is 119 Å². The van der Waals surface area contributed by atoms with Gasteiger partial charge >= 0.3 is 0 Å². The van der Waals surface area contributed by atoms with Crippen molar-refractivity contribution in [1.29, 1.82) is 0 Å². The van der Waals surface area contributed by atoms with Crippen molar-refractivity contribution >= 4 is 0 Å². The van der Waals surface area contributed by atoms with Crippen LogP contribution in [-0.2, 0) is 6.54 Å². The molecular formula is C27H28N4O. The second-order valence-corrected chi connectivity index (χ2v) is 8.44. The Bertz CT molecular complexity index is 1070. The quantitative estimate of drug-likeness (QED) is 0.447. The molecule has 1 aliphatic heterocycles. The maximum Gasteiger partial charge on any atom is 0.240 e. The van der Waals surface area contributed by atoms with E-state index in [0.29, 0.717) is 24.3 Å². The highest BCUT2D eigenvalue weighted by Gasteiger charge is 2.28. The van der Waals surface area contributed by atoms with Crippen LogP contribution in [0.5, 0.6) is 0 Å². The Morgan fingerprint density at radius 2 is 1.44 bits per heavy atom. The van der Waals surface area contributed by atoms with Gasteiger partial charge in [-0.05, 0) is 23.7 Å². The Morgan fingerprint density at radius 1 is 0.844 bits per heavy atom. The summed E-state index contributed by atoms with van der Waals surface area (Å²) in [5.74, 6) is 1.35. The first kappa shape index (κ1) is 20.6. The van der Waals surface area contributed by atoms with E-state index in [4.69, 9.17) is 9.51 Å². The first-order chi connectivity index (χ1) is 15.8. The molecule has 0 saturated carbocycles.